The SMILES string of the molecule is CCCN(CCC(C)C)c1cc(N)n2ncc(C3=CCC=C(C4=CC=CCC=C4)N=C3)c2n1. The first-order valence-corrected chi connectivity index (χ1v) is 11.9. The first-order chi connectivity index (χ1) is 16.1. The van der Waals surface area contributed by atoms with Gasteiger partial charge in [-0.2, -0.15) is 9.61 Å². The Morgan fingerprint density at radius 3 is 2.82 bits per heavy atom. The maximum Gasteiger partial charge on any atom is 0.167 e. The van der Waals surface area contributed by atoms with E-state index in [-0.39, 0.29) is 0 Å². The molecule has 0 bridgehead atoms. The molecular weight excluding hydrogens is 408 g/mol. The lowest BCUT2D eigenvalue weighted by molar-refractivity contribution is 0.568. The van der Waals surface area contributed by atoms with Gasteiger partial charge in [-0.15, -0.1) is 0 Å². The Bertz CT molecular complexity index is 1170. The lowest BCUT2D eigenvalue weighted by Gasteiger charge is -2.24. The van der Waals surface area contributed by atoms with Crippen LogP contribution in [-0.2, 0) is 0 Å². The summed E-state index contributed by atoms with van der Waals surface area (Å²) < 4.78 is 1.72. The Balaban J connectivity index is 1.66. The molecule has 0 spiro atoms. The van der Waals surface area contributed by atoms with Crippen molar-refractivity contribution in [1.82, 2.24) is 14.6 Å². The molecule has 33 heavy (non-hydrogen) atoms. The number of rotatable bonds is 8. The van der Waals surface area contributed by atoms with Gasteiger partial charge in [-0.05, 0) is 37.2 Å². The lowest BCUT2D eigenvalue weighted by Crippen LogP contribution is -2.27. The molecule has 6 nitrogen and oxygen atoms in total. The van der Waals surface area contributed by atoms with Crippen LogP contribution in [0.4, 0.5) is 11.6 Å². The molecule has 0 unspecified atom stereocenters. The molecule has 2 aromatic heterocycles. The van der Waals surface area contributed by atoms with Crippen LogP contribution in [0, 0.1) is 5.92 Å². The molecule has 1 aliphatic carbocycles. The molecule has 4 rings (SSSR count). The molecule has 2 aliphatic rings. The predicted octanol–water partition coefficient (Wildman–Crippen LogP) is 5.76. The van der Waals surface area contributed by atoms with Gasteiger partial charge in [0.05, 0.1) is 11.9 Å². The van der Waals surface area contributed by atoms with E-state index in [0.717, 1.165) is 72.6 Å². The summed E-state index contributed by atoms with van der Waals surface area (Å²) in [5.41, 5.74) is 11.2. The quantitative estimate of drug-likeness (QED) is 0.564. The first-order valence-electron chi connectivity index (χ1n) is 11.9. The van der Waals surface area contributed by atoms with E-state index in [4.69, 9.17) is 15.7 Å². The second kappa shape index (κ2) is 10.5. The minimum absolute atomic E-state index is 0.595. The van der Waals surface area contributed by atoms with Gasteiger partial charge >= 0.3 is 0 Å². The van der Waals surface area contributed by atoms with Crippen molar-refractivity contribution in [3.8, 4) is 0 Å². The van der Waals surface area contributed by atoms with Gasteiger partial charge in [-0.1, -0.05) is 63.3 Å². The third-order valence-corrected chi connectivity index (χ3v) is 5.86. The van der Waals surface area contributed by atoms with Crippen LogP contribution in [0.5, 0.6) is 0 Å². The van der Waals surface area contributed by atoms with Crippen molar-refractivity contribution >= 4 is 29.1 Å². The molecule has 0 saturated heterocycles. The summed E-state index contributed by atoms with van der Waals surface area (Å²) in [6.45, 7) is 8.61. The zero-order valence-electron chi connectivity index (χ0n) is 19.9. The maximum atomic E-state index is 6.40. The van der Waals surface area contributed by atoms with Crippen molar-refractivity contribution < 1.29 is 0 Å². The Hall–Kier alpha value is -3.41. The molecule has 2 aromatic rings. The minimum Gasteiger partial charge on any atom is -0.383 e. The fourth-order valence-electron chi connectivity index (χ4n) is 4.03. The van der Waals surface area contributed by atoms with E-state index in [0.29, 0.717) is 11.7 Å². The van der Waals surface area contributed by atoms with Crippen LogP contribution < -0.4 is 10.6 Å². The molecular formula is C27H34N6. The van der Waals surface area contributed by atoms with Crippen molar-refractivity contribution in [3.63, 3.8) is 0 Å². The van der Waals surface area contributed by atoms with Gasteiger partial charge in [-0.3, -0.25) is 4.99 Å². The summed E-state index contributed by atoms with van der Waals surface area (Å²) in [5.74, 6) is 2.14. The summed E-state index contributed by atoms with van der Waals surface area (Å²) in [4.78, 5) is 12.1. The Morgan fingerprint density at radius 2 is 2.00 bits per heavy atom. The van der Waals surface area contributed by atoms with E-state index in [1.54, 1.807) is 4.52 Å². The highest BCUT2D eigenvalue weighted by atomic mass is 15.3. The highest BCUT2D eigenvalue weighted by Crippen LogP contribution is 2.27. The number of nitrogen functional groups attached to an aromatic ring is 1. The Labute approximate surface area is 196 Å². The van der Waals surface area contributed by atoms with E-state index in [2.05, 4.69) is 73.3 Å². The third kappa shape index (κ3) is 5.33. The van der Waals surface area contributed by atoms with Crippen LogP contribution in [0.3, 0.4) is 0 Å². The molecule has 0 amide bonds. The van der Waals surface area contributed by atoms with Crippen molar-refractivity contribution in [2.45, 2.75) is 46.5 Å². The van der Waals surface area contributed by atoms with Crippen LogP contribution in [0.15, 0.2) is 71.1 Å². The van der Waals surface area contributed by atoms with Crippen molar-refractivity contribution in [2.24, 2.45) is 10.9 Å². The smallest absolute Gasteiger partial charge is 0.167 e. The molecule has 0 radical (unpaired) electrons. The second-order valence-electron chi connectivity index (χ2n) is 8.93. The number of aliphatic imine (C=N–C) groups is 1. The standard InChI is InChI=1S/C27H34N6/c1-4-15-32(16-14-20(2)3)26-17-25(28)33-27(31-26)23(19-30-33)22-12-9-13-24(29-18-22)21-10-7-5-6-8-11-21/h5,7-8,10-13,17-20H,4,6,9,14-16,28H2,1-3H3. The van der Waals surface area contributed by atoms with Crippen LogP contribution >= 0.6 is 0 Å². The topological polar surface area (TPSA) is 71.8 Å². The molecule has 1 aliphatic heterocycles. The number of hydrogen-bond acceptors (Lipinski definition) is 5. The number of fused-ring (bicyclic) bond motifs is 1. The van der Waals surface area contributed by atoms with Crippen LogP contribution in [0.2, 0.25) is 0 Å². The summed E-state index contributed by atoms with van der Waals surface area (Å²) >= 11 is 0. The average molecular weight is 443 g/mol. The summed E-state index contributed by atoms with van der Waals surface area (Å²) in [6.07, 6.45) is 22.7. The minimum atomic E-state index is 0.595. The maximum absolute atomic E-state index is 6.40. The van der Waals surface area contributed by atoms with Crippen molar-refractivity contribution in [2.75, 3.05) is 23.7 Å². The molecule has 0 atom stereocenters. The van der Waals surface area contributed by atoms with E-state index >= 15 is 0 Å². The lowest BCUT2D eigenvalue weighted by atomic mass is 10.1. The van der Waals surface area contributed by atoms with Crippen LogP contribution in [-0.4, -0.2) is 33.9 Å². The zero-order valence-corrected chi connectivity index (χ0v) is 19.9. The number of aromatic nitrogens is 3. The molecule has 2 N–H and O–H groups in total. The van der Waals surface area contributed by atoms with Crippen LogP contribution in [0.1, 0.15) is 52.0 Å². The Morgan fingerprint density at radius 1 is 1.12 bits per heavy atom. The van der Waals surface area contributed by atoms with E-state index in [1.807, 2.05) is 18.5 Å². The normalized spacial score (nSPS) is 15.9. The van der Waals surface area contributed by atoms with Crippen molar-refractivity contribution in [3.05, 3.63) is 71.6 Å². The van der Waals surface area contributed by atoms with Crippen molar-refractivity contribution in [1.29, 1.82) is 0 Å². The van der Waals surface area contributed by atoms with Gasteiger partial charge in [0.15, 0.2) is 5.65 Å². The van der Waals surface area contributed by atoms with E-state index in [9.17, 15) is 0 Å². The number of allylic oxidation sites excluding steroid dienone is 8. The largest absolute Gasteiger partial charge is 0.383 e. The van der Waals surface area contributed by atoms with E-state index < -0.39 is 0 Å². The monoisotopic (exact) mass is 442 g/mol. The Kier molecular flexibility index (Phi) is 7.23. The summed E-state index contributed by atoms with van der Waals surface area (Å²) in [5, 5.41) is 4.53. The van der Waals surface area contributed by atoms with Gasteiger partial charge in [-0.25, -0.2) is 4.98 Å². The molecule has 3 heterocycles. The third-order valence-electron chi connectivity index (χ3n) is 5.86. The number of nitrogens with two attached hydrogens (primary N) is 1. The van der Waals surface area contributed by atoms with Gasteiger partial charge < -0.3 is 10.6 Å². The van der Waals surface area contributed by atoms with E-state index in [1.165, 1.54) is 0 Å². The van der Waals surface area contributed by atoms with Gasteiger partial charge in [0, 0.05) is 36.5 Å². The number of anilines is 2. The molecule has 0 saturated carbocycles. The van der Waals surface area contributed by atoms with Gasteiger partial charge in [0.1, 0.15) is 11.6 Å². The van der Waals surface area contributed by atoms with Gasteiger partial charge in [0.2, 0.25) is 0 Å². The molecule has 6 heteroatoms. The number of hydrogen-bond donors (Lipinski definition) is 1. The number of nitrogens with zero attached hydrogens (tertiary/aromatic N) is 5. The zero-order chi connectivity index (χ0) is 23.2. The van der Waals surface area contributed by atoms with Crippen LogP contribution in [0.25, 0.3) is 11.2 Å². The predicted molar refractivity (Wildman–Crippen MR) is 140 cm³/mol. The molecule has 0 fully saturated rings. The molecule has 172 valence electrons. The molecule has 0 aromatic carbocycles. The average Bonchev–Trinajstić information content (AvgIpc) is 2.97. The summed E-state index contributed by atoms with van der Waals surface area (Å²) in [6, 6.07) is 1.94. The highest BCUT2D eigenvalue weighted by molar-refractivity contribution is 6.12. The fourth-order valence-corrected chi connectivity index (χ4v) is 4.03. The summed E-state index contributed by atoms with van der Waals surface area (Å²) in [7, 11) is 0. The first kappa shape index (κ1) is 22.8. The second-order valence-corrected chi connectivity index (χ2v) is 8.93. The van der Waals surface area contributed by atoms with Gasteiger partial charge in [0.25, 0.3) is 0 Å². The highest BCUT2D eigenvalue weighted by Gasteiger charge is 2.17. The fraction of sp³-hybridized carbons (Fsp3) is 0.370.